The van der Waals surface area contributed by atoms with Gasteiger partial charge in [-0.2, -0.15) is 0 Å². The Morgan fingerprint density at radius 2 is 1.65 bits per heavy atom. The second-order valence-electron chi connectivity index (χ2n) is 4.91. The molecule has 1 heterocycles. The van der Waals surface area contributed by atoms with E-state index in [-0.39, 0.29) is 5.76 Å². The normalized spacial score (nSPS) is 15.1. The number of nitrogens with one attached hydrogen (secondary N) is 1. The van der Waals surface area contributed by atoms with Crippen LogP contribution in [0.2, 0.25) is 0 Å². The van der Waals surface area contributed by atoms with Gasteiger partial charge in [0.1, 0.15) is 11.6 Å². The number of aliphatic hydroxyl groups is 1. The van der Waals surface area contributed by atoms with Crippen molar-refractivity contribution in [2.75, 3.05) is 11.4 Å². The number of anilines is 1. The molecule has 0 aromatic heterocycles. The lowest BCUT2D eigenvalue weighted by Gasteiger charge is -2.21. The van der Waals surface area contributed by atoms with Crippen molar-refractivity contribution in [3.05, 3.63) is 71.5 Å². The maximum atomic E-state index is 10.2. The zero-order valence-corrected chi connectivity index (χ0v) is 11.3. The Morgan fingerprint density at radius 1 is 1.00 bits per heavy atom. The van der Waals surface area contributed by atoms with Gasteiger partial charge in [0.05, 0.1) is 12.1 Å². The fraction of sp³-hybridized carbons (Fsp3) is 0.118. The molecule has 0 saturated carbocycles. The quantitative estimate of drug-likeness (QED) is 0.867. The first-order valence-electron chi connectivity index (χ1n) is 6.58. The maximum Gasteiger partial charge on any atom is 0.137 e. The number of aryl methyl sites for hydroxylation is 1. The molecule has 0 radical (unpaired) electrons. The third-order valence-electron chi connectivity index (χ3n) is 3.57. The summed E-state index contributed by atoms with van der Waals surface area (Å²) in [5, 5.41) is 18.6. The van der Waals surface area contributed by atoms with Gasteiger partial charge in [0.15, 0.2) is 0 Å². The molecule has 3 rings (SSSR count). The molecule has 1 aliphatic heterocycles. The van der Waals surface area contributed by atoms with E-state index in [9.17, 15) is 5.11 Å². The van der Waals surface area contributed by atoms with Crippen LogP contribution in [0.3, 0.4) is 0 Å². The van der Waals surface area contributed by atoms with Crippen LogP contribution in [0.15, 0.2) is 60.4 Å². The van der Waals surface area contributed by atoms with E-state index < -0.39 is 0 Å². The van der Waals surface area contributed by atoms with Crippen LogP contribution in [0.5, 0.6) is 0 Å². The van der Waals surface area contributed by atoms with Crippen molar-refractivity contribution in [2.24, 2.45) is 0 Å². The average molecular weight is 264 g/mol. The number of para-hydroxylation sites is 1. The summed E-state index contributed by atoms with van der Waals surface area (Å²) < 4.78 is 0. The first kappa shape index (κ1) is 12.5. The molecule has 0 fully saturated rings. The predicted molar refractivity (Wildman–Crippen MR) is 82.2 cm³/mol. The molecule has 0 bridgehead atoms. The van der Waals surface area contributed by atoms with Crippen molar-refractivity contribution in [1.82, 2.24) is 0 Å². The van der Waals surface area contributed by atoms with Crippen molar-refractivity contribution in [1.29, 1.82) is 5.41 Å². The summed E-state index contributed by atoms with van der Waals surface area (Å²) in [7, 11) is 0. The second-order valence-corrected chi connectivity index (χ2v) is 4.91. The van der Waals surface area contributed by atoms with E-state index in [1.54, 1.807) is 0 Å². The van der Waals surface area contributed by atoms with Crippen LogP contribution in [0.25, 0.3) is 5.57 Å². The summed E-state index contributed by atoms with van der Waals surface area (Å²) in [4.78, 5) is 1.84. The highest BCUT2D eigenvalue weighted by molar-refractivity contribution is 6.31. The molecule has 1 aliphatic rings. The van der Waals surface area contributed by atoms with Crippen LogP contribution in [-0.4, -0.2) is 17.5 Å². The summed E-state index contributed by atoms with van der Waals surface area (Å²) in [6.07, 6.45) is 0. The summed E-state index contributed by atoms with van der Waals surface area (Å²) in [6.45, 7) is 2.37. The monoisotopic (exact) mass is 264 g/mol. The minimum atomic E-state index is 0.254. The van der Waals surface area contributed by atoms with E-state index in [0.29, 0.717) is 18.0 Å². The second kappa shape index (κ2) is 4.85. The van der Waals surface area contributed by atoms with Gasteiger partial charge in [-0.25, -0.2) is 0 Å². The molecule has 20 heavy (non-hydrogen) atoms. The Bertz CT molecular complexity index is 689. The molecule has 0 atom stereocenters. The zero-order valence-electron chi connectivity index (χ0n) is 11.3. The largest absolute Gasteiger partial charge is 0.510 e. The highest BCUT2D eigenvalue weighted by atomic mass is 16.3. The zero-order chi connectivity index (χ0) is 14.1. The van der Waals surface area contributed by atoms with Gasteiger partial charge >= 0.3 is 0 Å². The van der Waals surface area contributed by atoms with Crippen LogP contribution < -0.4 is 4.90 Å². The number of nitrogens with zero attached hydrogens (tertiary/aromatic N) is 1. The van der Waals surface area contributed by atoms with E-state index in [0.717, 1.165) is 16.8 Å². The Kier molecular flexibility index (Phi) is 3.03. The number of hydrogen-bond donors (Lipinski definition) is 2. The molecule has 0 saturated heterocycles. The molecule has 0 spiro atoms. The Balaban J connectivity index is 2.00. The third kappa shape index (κ3) is 1.97. The van der Waals surface area contributed by atoms with Crippen molar-refractivity contribution in [3.8, 4) is 0 Å². The van der Waals surface area contributed by atoms with Crippen LogP contribution in [0.1, 0.15) is 11.1 Å². The molecule has 100 valence electrons. The van der Waals surface area contributed by atoms with E-state index >= 15 is 0 Å². The van der Waals surface area contributed by atoms with Gasteiger partial charge in [-0.3, -0.25) is 5.41 Å². The standard InChI is InChI=1S/C17H16N2O/c1-12-7-5-6-10-14(12)19-11-15(20)16(17(19)18)13-8-3-2-4-9-13/h2-10,18,20H,11H2,1H3. The van der Waals surface area contributed by atoms with Gasteiger partial charge in [0.2, 0.25) is 0 Å². The van der Waals surface area contributed by atoms with E-state index in [1.807, 2.05) is 66.4 Å². The first-order chi connectivity index (χ1) is 9.68. The minimum Gasteiger partial charge on any atom is -0.510 e. The average Bonchev–Trinajstić information content (AvgIpc) is 2.75. The third-order valence-corrected chi connectivity index (χ3v) is 3.57. The van der Waals surface area contributed by atoms with Gasteiger partial charge in [-0.1, -0.05) is 48.5 Å². The lowest BCUT2D eigenvalue weighted by Crippen LogP contribution is -2.26. The lowest BCUT2D eigenvalue weighted by molar-refractivity contribution is 0.411. The van der Waals surface area contributed by atoms with Gasteiger partial charge < -0.3 is 10.0 Å². The SMILES string of the molecule is Cc1ccccc1N1CC(O)=C(c2ccccc2)C1=N. The molecule has 0 amide bonds. The van der Waals surface area contributed by atoms with E-state index in [1.165, 1.54) is 0 Å². The van der Waals surface area contributed by atoms with Crippen molar-refractivity contribution in [2.45, 2.75) is 6.92 Å². The molecule has 3 nitrogen and oxygen atoms in total. The molecule has 3 heteroatoms. The van der Waals surface area contributed by atoms with Gasteiger partial charge in [-0.05, 0) is 24.1 Å². The number of benzene rings is 2. The van der Waals surface area contributed by atoms with Crippen molar-refractivity contribution < 1.29 is 5.11 Å². The summed E-state index contributed by atoms with van der Waals surface area (Å²) >= 11 is 0. The Labute approximate surface area is 118 Å². The van der Waals surface area contributed by atoms with Crippen molar-refractivity contribution in [3.63, 3.8) is 0 Å². The van der Waals surface area contributed by atoms with Crippen LogP contribution in [0, 0.1) is 12.3 Å². The Hall–Kier alpha value is -2.55. The van der Waals surface area contributed by atoms with Gasteiger partial charge in [0, 0.05) is 5.69 Å². The number of rotatable bonds is 2. The van der Waals surface area contributed by atoms with Crippen LogP contribution >= 0.6 is 0 Å². The van der Waals surface area contributed by atoms with Crippen molar-refractivity contribution >= 4 is 17.1 Å². The minimum absolute atomic E-state index is 0.254. The molecule has 2 aromatic rings. The molecule has 0 unspecified atom stereocenters. The highest BCUT2D eigenvalue weighted by Crippen LogP contribution is 2.32. The summed E-state index contributed by atoms with van der Waals surface area (Å²) in [5.41, 5.74) is 3.56. The predicted octanol–water partition coefficient (Wildman–Crippen LogP) is 3.76. The number of aliphatic hydroxyl groups excluding tert-OH is 1. The summed E-state index contributed by atoms with van der Waals surface area (Å²) in [5.74, 6) is 0.604. The van der Waals surface area contributed by atoms with E-state index in [4.69, 9.17) is 5.41 Å². The topological polar surface area (TPSA) is 47.3 Å². The summed E-state index contributed by atoms with van der Waals surface area (Å²) in [6, 6.07) is 17.5. The molecular weight excluding hydrogens is 248 g/mol. The number of amidine groups is 1. The fourth-order valence-corrected chi connectivity index (χ4v) is 2.56. The first-order valence-corrected chi connectivity index (χ1v) is 6.58. The van der Waals surface area contributed by atoms with Crippen LogP contribution in [0.4, 0.5) is 5.69 Å². The maximum absolute atomic E-state index is 10.2. The van der Waals surface area contributed by atoms with Crippen LogP contribution in [-0.2, 0) is 0 Å². The van der Waals surface area contributed by atoms with Gasteiger partial charge in [-0.15, -0.1) is 0 Å². The highest BCUT2D eigenvalue weighted by Gasteiger charge is 2.29. The fourth-order valence-electron chi connectivity index (χ4n) is 2.56. The lowest BCUT2D eigenvalue weighted by atomic mass is 10.1. The molecule has 2 aromatic carbocycles. The molecular formula is C17H16N2O. The van der Waals surface area contributed by atoms with Gasteiger partial charge in [0.25, 0.3) is 0 Å². The molecule has 2 N–H and O–H groups in total. The molecule has 0 aliphatic carbocycles. The van der Waals surface area contributed by atoms with E-state index in [2.05, 4.69) is 0 Å². The Morgan fingerprint density at radius 3 is 2.35 bits per heavy atom. The smallest absolute Gasteiger partial charge is 0.137 e. The number of hydrogen-bond acceptors (Lipinski definition) is 2.